The van der Waals surface area contributed by atoms with E-state index in [1.165, 1.54) is 7.11 Å². The first-order chi connectivity index (χ1) is 8.85. The van der Waals surface area contributed by atoms with Gasteiger partial charge in [0.05, 0.1) is 18.8 Å². The third-order valence-electron chi connectivity index (χ3n) is 2.24. The summed E-state index contributed by atoms with van der Waals surface area (Å²) in [5.41, 5.74) is 5.74. The van der Waals surface area contributed by atoms with Crippen molar-refractivity contribution < 1.29 is 14.3 Å². The van der Waals surface area contributed by atoms with Gasteiger partial charge in [-0.25, -0.2) is 9.78 Å². The van der Waals surface area contributed by atoms with Crippen molar-refractivity contribution in [2.45, 2.75) is 32.4 Å². The van der Waals surface area contributed by atoms with E-state index in [0.717, 1.165) is 0 Å². The van der Waals surface area contributed by atoms with Gasteiger partial charge in [-0.2, -0.15) is 0 Å². The Bertz CT molecular complexity index is 429. The van der Waals surface area contributed by atoms with Gasteiger partial charge >= 0.3 is 6.09 Å². The van der Waals surface area contributed by atoms with Crippen LogP contribution in [0.15, 0.2) is 18.2 Å². The van der Waals surface area contributed by atoms with E-state index in [1.807, 2.05) is 0 Å². The Balaban J connectivity index is 2.75. The van der Waals surface area contributed by atoms with E-state index in [1.54, 1.807) is 39.0 Å². The number of ether oxygens (including phenoxy) is 2. The maximum Gasteiger partial charge on any atom is 0.408 e. The van der Waals surface area contributed by atoms with Crippen LogP contribution in [0.2, 0.25) is 0 Å². The number of hydrogen-bond acceptors (Lipinski definition) is 5. The second kappa shape index (κ2) is 6.38. The zero-order valence-electron chi connectivity index (χ0n) is 11.8. The van der Waals surface area contributed by atoms with Gasteiger partial charge in [0.2, 0.25) is 5.88 Å². The van der Waals surface area contributed by atoms with Crippen LogP contribution in [-0.2, 0) is 4.74 Å². The van der Waals surface area contributed by atoms with E-state index in [4.69, 9.17) is 15.2 Å². The van der Waals surface area contributed by atoms with E-state index in [2.05, 4.69) is 10.3 Å². The third kappa shape index (κ3) is 5.13. The number of pyridine rings is 1. The molecule has 1 atom stereocenters. The summed E-state index contributed by atoms with van der Waals surface area (Å²) in [5, 5.41) is 2.69. The molecular formula is C13H21N3O3. The largest absolute Gasteiger partial charge is 0.481 e. The Hall–Kier alpha value is -1.82. The van der Waals surface area contributed by atoms with Crippen LogP contribution in [0.5, 0.6) is 5.88 Å². The highest BCUT2D eigenvalue weighted by atomic mass is 16.6. The molecule has 6 nitrogen and oxygen atoms in total. The molecule has 0 bridgehead atoms. The molecular weight excluding hydrogens is 246 g/mol. The number of amides is 1. The Kier molecular flexibility index (Phi) is 5.11. The van der Waals surface area contributed by atoms with Crippen LogP contribution in [0.1, 0.15) is 32.5 Å². The second-order valence-corrected chi connectivity index (χ2v) is 5.04. The molecule has 3 N–H and O–H groups in total. The molecule has 0 saturated carbocycles. The molecule has 0 radical (unpaired) electrons. The molecule has 0 fully saturated rings. The summed E-state index contributed by atoms with van der Waals surface area (Å²) >= 11 is 0. The van der Waals surface area contributed by atoms with E-state index in [9.17, 15) is 4.79 Å². The van der Waals surface area contributed by atoms with Crippen molar-refractivity contribution in [3.8, 4) is 5.88 Å². The van der Waals surface area contributed by atoms with Gasteiger partial charge in [0, 0.05) is 12.6 Å². The van der Waals surface area contributed by atoms with E-state index in [0.29, 0.717) is 11.6 Å². The van der Waals surface area contributed by atoms with Gasteiger partial charge in [-0.15, -0.1) is 0 Å². The Morgan fingerprint density at radius 1 is 1.47 bits per heavy atom. The lowest BCUT2D eigenvalue weighted by atomic mass is 10.2. The fraction of sp³-hybridized carbons (Fsp3) is 0.538. The Labute approximate surface area is 113 Å². The number of carbonyl (C=O) groups is 1. The molecule has 1 aromatic rings. The Morgan fingerprint density at radius 3 is 2.68 bits per heavy atom. The number of aromatic nitrogens is 1. The number of carbonyl (C=O) groups excluding carboxylic acids is 1. The smallest absolute Gasteiger partial charge is 0.408 e. The average molecular weight is 267 g/mol. The summed E-state index contributed by atoms with van der Waals surface area (Å²) in [4.78, 5) is 15.9. The standard InChI is InChI=1S/C13H21N3O3/c1-13(2,3)19-12(17)16-10(8-14)9-6-5-7-11(15-9)18-4/h5-7,10H,8,14H2,1-4H3,(H,16,17). The number of nitrogens with zero attached hydrogens (tertiary/aromatic N) is 1. The minimum Gasteiger partial charge on any atom is -0.481 e. The van der Waals surface area contributed by atoms with Gasteiger partial charge in [0.1, 0.15) is 5.60 Å². The van der Waals surface area contributed by atoms with Gasteiger partial charge in [0.15, 0.2) is 0 Å². The zero-order valence-corrected chi connectivity index (χ0v) is 11.8. The number of hydrogen-bond donors (Lipinski definition) is 2. The summed E-state index contributed by atoms with van der Waals surface area (Å²) in [6.45, 7) is 5.62. The maximum atomic E-state index is 11.7. The predicted octanol–water partition coefficient (Wildman–Crippen LogP) is 1.61. The SMILES string of the molecule is COc1cccc(C(CN)NC(=O)OC(C)(C)C)n1. The lowest BCUT2D eigenvalue weighted by Gasteiger charge is -2.22. The topological polar surface area (TPSA) is 86.5 Å². The van der Waals surface area contributed by atoms with Gasteiger partial charge in [-0.05, 0) is 26.8 Å². The Morgan fingerprint density at radius 2 is 2.16 bits per heavy atom. The minimum absolute atomic E-state index is 0.222. The molecule has 0 aliphatic carbocycles. The van der Waals surface area contributed by atoms with E-state index in [-0.39, 0.29) is 6.54 Å². The third-order valence-corrected chi connectivity index (χ3v) is 2.24. The zero-order chi connectivity index (χ0) is 14.5. The van der Waals surface area contributed by atoms with Crippen molar-refractivity contribution in [1.82, 2.24) is 10.3 Å². The van der Waals surface area contributed by atoms with Gasteiger partial charge in [-0.3, -0.25) is 0 Å². The number of nitrogens with two attached hydrogens (primary N) is 1. The predicted molar refractivity (Wildman–Crippen MR) is 72.0 cm³/mol. The molecule has 19 heavy (non-hydrogen) atoms. The van der Waals surface area contributed by atoms with Crippen LogP contribution in [0, 0.1) is 0 Å². The molecule has 0 aromatic carbocycles. The lowest BCUT2D eigenvalue weighted by Crippen LogP contribution is -2.38. The minimum atomic E-state index is -0.551. The van der Waals surface area contributed by atoms with Crippen LogP contribution in [0.3, 0.4) is 0 Å². The summed E-state index contributed by atoms with van der Waals surface area (Å²) in [6.07, 6.45) is -0.521. The number of methoxy groups -OCH3 is 1. The number of rotatable bonds is 4. The van der Waals surface area contributed by atoms with Crippen molar-refractivity contribution in [2.24, 2.45) is 5.73 Å². The molecule has 1 heterocycles. The molecule has 0 aliphatic rings. The number of nitrogens with one attached hydrogen (secondary N) is 1. The summed E-state index contributed by atoms with van der Waals surface area (Å²) in [5.74, 6) is 0.474. The molecule has 1 unspecified atom stereocenters. The van der Waals surface area contributed by atoms with Gasteiger partial charge < -0.3 is 20.5 Å². The fourth-order valence-electron chi connectivity index (χ4n) is 1.44. The lowest BCUT2D eigenvalue weighted by molar-refractivity contribution is 0.0504. The first-order valence-electron chi connectivity index (χ1n) is 6.06. The molecule has 1 rings (SSSR count). The normalized spacial score (nSPS) is 12.7. The number of alkyl carbamates (subject to hydrolysis) is 1. The monoisotopic (exact) mass is 267 g/mol. The highest BCUT2D eigenvalue weighted by Gasteiger charge is 2.20. The molecule has 1 aromatic heterocycles. The van der Waals surface area contributed by atoms with Crippen molar-refractivity contribution in [1.29, 1.82) is 0 Å². The van der Waals surface area contributed by atoms with Crippen molar-refractivity contribution >= 4 is 6.09 Å². The van der Waals surface area contributed by atoms with Gasteiger partial charge in [0.25, 0.3) is 0 Å². The second-order valence-electron chi connectivity index (χ2n) is 5.04. The van der Waals surface area contributed by atoms with E-state index >= 15 is 0 Å². The van der Waals surface area contributed by atoms with Crippen LogP contribution >= 0.6 is 0 Å². The van der Waals surface area contributed by atoms with Crippen LogP contribution in [0.4, 0.5) is 4.79 Å². The highest BCUT2D eigenvalue weighted by Crippen LogP contribution is 2.15. The molecule has 0 spiro atoms. The van der Waals surface area contributed by atoms with Crippen LogP contribution in [0.25, 0.3) is 0 Å². The van der Waals surface area contributed by atoms with Crippen molar-refractivity contribution in [3.05, 3.63) is 23.9 Å². The fourth-order valence-corrected chi connectivity index (χ4v) is 1.44. The first kappa shape index (κ1) is 15.2. The molecule has 0 saturated heterocycles. The first-order valence-corrected chi connectivity index (χ1v) is 6.06. The molecule has 6 heteroatoms. The van der Waals surface area contributed by atoms with Crippen LogP contribution in [-0.4, -0.2) is 30.3 Å². The van der Waals surface area contributed by atoms with Crippen molar-refractivity contribution in [2.75, 3.05) is 13.7 Å². The molecule has 0 aliphatic heterocycles. The average Bonchev–Trinajstić information content (AvgIpc) is 2.34. The maximum absolute atomic E-state index is 11.7. The molecule has 1 amide bonds. The summed E-state index contributed by atoms with van der Waals surface area (Å²) < 4.78 is 10.2. The van der Waals surface area contributed by atoms with Gasteiger partial charge in [-0.1, -0.05) is 6.07 Å². The van der Waals surface area contributed by atoms with E-state index < -0.39 is 17.7 Å². The summed E-state index contributed by atoms with van der Waals surface area (Å²) in [7, 11) is 1.53. The quantitative estimate of drug-likeness (QED) is 0.865. The van der Waals surface area contributed by atoms with Crippen LogP contribution < -0.4 is 15.8 Å². The summed E-state index contributed by atoms with van der Waals surface area (Å²) in [6, 6.07) is 4.88. The highest BCUT2D eigenvalue weighted by molar-refractivity contribution is 5.68. The van der Waals surface area contributed by atoms with Crippen molar-refractivity contribution in [3.63, 3.8) is 0 Å². The molecule has 106 valence electrons.